The first-order valence-electron chi connectivity index (χ1n) is 6.70. The van der Waals surface area contributed by atoms with E-state index >= 15 is 0 Å². The van der Waals surface area contributed by atoms with E-state index < -0.39 is 0 Å². The molecule has 0 spiro atoms. The lowest BCUT2D eigenvalue weighted by Crippen LogP contribution is -2.36. The summed E-state index contributed by atoms with van der Waals surface area (Å²) < 4.78 is 5.62. The highest BCUT2D eigenvalue weighted by Crippen LogP contribution is 2.25. The van der Waals surface area contributed by atoms with Crippen LogP contribution in [-0.4, -0.2) is 42.2 Å². The van der Waals surface area contributed by atoms with Gasteiger partial charge in [-0.15, -0.1) is 0 Å². The first-order valence-corrected chi connectivity index (χ1v) is 6.70. The highest BCUT2D eigenvalue weighted by atomic mass is 16.5. The van der Waals surface area contributed by atoms with Crippen molar-refractivity contribution >= 4 is 5.91 Å². The molecule has 0 bridgehead atoms. The van der Waals surface area contributed by atoms with Gasteiger partial charge in [-0.2, -0.15) is 0 Å². The van der Waals surface area contributed by atoms with Gasteiger partial charge < -0.3 is 14.7 Å². The number of aliphatic hydroxyl groups excluding tert-OH is 1. The Kier molecular flexibility index (Phi) is 6.36. The third-order valence-corrected chi connectivity index (χ3v) is 3.00. The van der Waals surface area contributed by atoms with Crippen molar-refractivity contribution in [2.75, 3.05) is 26.3 Å². The summed E-state index contributed by atoms with van der Waals surface area (Å²) in [4.78, 5) is 13.5. The van der Waals surface area contributed by atoms with Gasteiger partial charge in [0.1, 0.15) is 5.75 Å². The molecule has 0 radical (unpaired) electrons. The van der Waals surface area contributed by atoms with Gasteiger partial charge >= 0.3 is 0 Å². The molecule has 0 aliphatic carbocycles. The molecule has 0 aliphatic rings. The third-order valence-electron chi connectivity index (χ3n) is 3.00. The highest BCUT2D eigenvalue weighted by molar-refractivity contribution is 5.77. The zero-order valence-electron chi connectivity index (χ0n) is 11.9. The van der Waals surface area contributed by atoms with Gasteiger partial charge in [0.05, 0.1) is 6.61 Å². The SMILES string of the molecule is CCN(CCO)C(=O)COc1ccccc1C(C)C. The lowest BCUT2D eigenvalue weighted by atomic mass is 10.0. The van der Waals surface area contributed by atoms with Crippen LogP contribution >= 0.6 is 0 Å². The van der Waals surface area contributed by atoms with Crippen molar-refractivity contribution in [1.29, 1.82) is 0 Å². The number of rotatable bonds is 7. The molecule has 0 atom stereocenters. The molecule has 4 heteroatoms. The van der Waals surface area contributed by atoms with Crippen LogP contribution in [0.15, 0.2) is 24.3 Å². The van der Waals surface area contributed by atoms with Gasteiger partial charge in [-0.05, 0) is 24.5 Å². The van der Waals surface area contributed by atoms with Crippen LogP contribution in [0.2, 0.25) is 0 Å². The Morgan fingerprint density at radius 3 is 2.63 bits per heavy atom. The van der Waals surface area contributed by atoms with Crippen LogP contribution in [0, 0.1) is 0 Å². The Hall–Kier alpha value is -1.55. The van der Waals surface area contributed by atoms with Crippen LogP contribution < -0.4 is 4.74 Å². The zero-order valence-corrected chi connectivity index (χ0v) is 11.9. The molecule has 0 heterocycles. The highest BCUT2D eigenvalue weighted by Gasteiger charge is 2.13. The quantitative estimate of drug-likeness (QED) is 0.820. The van der Waals surface area contributed by atoms with Gasteiger partial charge in [0.25, 0.3) is 5.91 Å². The fourth-order valence-corrected chi connectivity index (χ4v) is 1.90. The van der Waals surface area contributed by atoms with E-state index in [1.165, 1.54) is 0 Å². The topological polar surface area (TPSA) is 49.8 Å². The number of para-hydroxylation sites is 1. The number of amides is 1. The van der Waals surface area contributed by atoms with Gasteiger partial charge in [-0.1, -0.05) is 32.0 Å². The Morgan fingerprint density at radius 2 is 2.05 bits per heavy atom. The number of ether oxygens (including phenoxy) is 1. The number of carbonyl (C=O) groups is 1. The van der Waals surface area contributed by atoms with Crippen LogP contribution in [0.1, 0.15) is 32.3 Å². The zero-order chi connectivity index (χ0) is 14.3. The van der Waals surface area contributed by atoms with Crippen molar-refractivity contribution in [2.45, 2.75) is 26.7 Å². The number of hydrogen-bond acceptors (Lipinski definition) is 3. The molecule has 0 aliphatic heterocycles. The number of hydrogen-bond donors (Lipinski definition) is 1. The fourth-order valence-electron chi connectivity index (χ4n) is 1.90. The Bertz CT molecular complexity index is 404. The maximum Gasteiger partial charge on any atom is 0.260 e. The van der Waals surface area contributed by atoms with Gasteiger partial charge in [-0.25, -0.2) is 0 Å². The average molecular weight is 265 g/mol. The molecule has 4 nitrogen and oxygen atoms in total. The van der Waals surface area contributed by atoms with Crippen molar-refractivity contribution in [3.8, 4) is 5.75 Å². The lowest BCUT2D eigenvalue weighted by molar-refractivity contribution is -0.133. The Balaban J connectivity index is 2.64. The number of nitrogens with zero attached hydrogens (tertiary/aromatic N) is 1. The summed E-state index contributed by atoms with van der Waals surface area (Å²) in [6, 6.07) is 7.76. The van der Waals surface area contributed by atoms with Gasteiger partial charge in [0.15, 0.2) is 6.61 Å². The van der Waals surface area contributed by atoms with Crippen LogP contribution in [0.5, 0.6) is 5.75 Å². The standard InChI is InChI=1S/C15H23NO3/c1-4-16(9-10-17)15(18)11-19-14-8-6-5-7-13(14)12(2)3/h5-8,12,17H,4,9-11H2,1-3H3. The van der Waals surface area contributed by atoms with E-state index in [4.69, 9.17) is 9.84 Å². The number of benzene rings is 1. The van der Waals surface area contributed by atoms with Crippen LogP contribution in [0.25, 0.3) is 0 Å². The molecule has 0 unspecified atom stereocenters. The van der Waals surface area contributed by atoms with Crippen molar-refractivity contribution < 1.29 is 14.6 Å². The number of aliphatic hydroxyl groups is 1. The summed E-state index contributed by atoms with van der Waals surface area (Å²) in [6.07, 6.45) is 0. The normalized spacial score (nSPS) is 10.6. The molecule has 0 aromatic heterocycles. The summed E-state index contributed by atoms with van der Waals surface area (Å²) in [5.41, 5.74) is 1.10. The maximum atomic E-state index is 11.9. The second kappa shape index (κ2) is 7.79. The maximum absolute atomic E-state index is 11.9. The molecular weight excluding hydrogens is 242 g/mol. The minimum Gasteiger partial charge on any atom is -0.483 e. The molecule has 1 amide bonds. The van der Waals surface area contributed by atoms with Crippen LogP contribution in [-0.2, 0) is 4.79 Å². The second-order valence-electron chi connectivity index (χ2n) is 4.68. The fraction of sp³-hybridized carbons (Fsp3) is 0.533. The van der Waals surface area contributed by atoms with E-state index in [0.717, 1.165) is 11.3 Å². The number of likely N-dealkylation sites (N-methyl/N-ethyl adjacent to an activating group) is 1. The van der Waals surface area contributed by atoms with E-state index in [0.29, 0.717) is 19.0 Å². The Morgan fingerprint density at radius 1 is 1.37 bits per heavy atom. The predicted octanol–water partition coefficient (Wildman–Crippen LogP) is 2.03. The van der Waals surface area contributed by atoms with E-state index in [1.807, 2.05) is 31.2 Å². The minimum atomic E-state index is -0.102. The largest absolute Gasteiger partial charge is 0.483 e. The van der Waals surface area contributed by atoms with Gasteiger partial charge in [0, 0.05) is 13.1 Å². The molecule has 0 fully saturated rings. The number of carbonyl (C=O) groups excluding carboxylic acids is 1. The van der Waals surface area contributed by atoms with Crippen molar-refractivity contribution in [1.82, 2.24) is 4.90 Å². The molecule has 1 N–H and O–H groups in total. The summed E-state index contributed by atoms with van der Waals surface area (Å²) in [5.74, 6) is 1.01. The van der Waals surface area contributed by atoms with E-state index in [9.17, 15) is 4.79 Å². The summed E-state index contributed by atoms with van der Waals surface area (Å²) in [5, 5.41) is 8.88. The van der Waals surface area contributed by atoms with Crippen molar-refractivity contribution in [2.24, 2.45) is 0 Å². The molecule has 106 valence electrons. The van der Waals surface area contributed by atoms with Crippen LogP contribution in [0.3, 0.4) is 0 Å². The molecule has 1 rings (SSSR count). The summed E-state index contributed by atoms with van der Waals surface area (Å²) >= 11 is 0. The molecule has 0 saturated heterocycles. The smallest absolute Gasteiger partial charge is 0.260 e. The predicted molar refractivity (Wildman–Crippen MR) is 75.4 cm³/mol. The van der Waals surface area contributed by atoms with E-state index in [2.05, 4.69) is 13.8 Å². The second-order valence-corrected chi connectivity index (χ2v) is 4.68. The molecule has 1 aromatic rings. The molecule has 0 saturated carbocycles. The van der Waals surface area contributed by atoms with Crippen molar-refractivity contribution in [3.63, 3.8) is 0 Å². The van der Waals surface area contributed by atoms with Crippen LogP contribution in [0.4, 0.5) is 0 Å². The first-order chi connectivity index (χ1) is 9.10. The Labute approximate surface area is 115 Å². The van der Waals surface area contributed by atoms with E-state index in [-0.39, 0.29) is 19.1 Å². The molecule has 19 heavy (non-hydrogen) atoms. The van der Waals surface area contributed by atoms with Gasteiger partial charge in [0.2, 0.25) is 0 Å². The van der Waals surface area contributed by atoms with Gasteiger partial charge in [-0.3, -0.25) is 4.79 Å². The average Bonchev–Trinajstić information content (AvgIpc) is 2.42. The minimum absolute atomic E-state index is 0.0115. The van der Waals surface area contributed by atoms with E-state index in [1.54, 1.807) is 4.90 Å². The lowest BCUT2D eigenvalue weighted by Gasteiger charge is -2.20. The summed E-state index contributed by atoms with van der Waals surface area (Å²) in [6.45, 7) is 6.98. The molecule has 1 aromatic carbocycles. The van der Waals surface area contributed by atoms with Crippen molar-refractivity contribution in [3.05, 3.63) is 29.8 Å². The third kappa shape index (κ3) is 4.56. The summed E-state index contributed by atoms with van der Waals surface area (Å²) in [7, 11) is 0. The first kappa shape index (κ1) is 15.5. The monoisotopic (exact) mass is 265 g/mol. The molecular formula is C15H23NO3.